The first kappa shape index (κ1) is 24.2. The molecule has 2 nitrogen and oxygen atoms in total. The number of fused-ring (bicyclic) bond motifs is 3. The zero-order chi connectivity index (χ0) is 27.9. The SMILES string of the molecule is c1ccc2c(-c3ccc(-c4nc5ccccc5nc4-c4ccc(-c5cccc6ccccc56)cc4)cc3)cccc2c1. The van der Waals surface area contributed by atoms with Crippen molar-refractivity contribution < 1.29 is 0 Å². The van der Waals surface area contributed by atoms with Crippen molar-refractivity contribution in [1.29, 1.82) is 0 Å². The lowest BCUT2D eigenvalue weighted by atomic mass is 9.95. The van der Waals surface area contributed by atoms with Crippen molar-refractivity contribution in [1.82, 2.24) is 9.97 Å². The van der Waals surface area contributed by atoms with Gasteiger partial charge in [-0.3, -0.25) is 0 Å². The molecule has 0 aliphatic heterocycles. The Morgan fingerprint density at radius 3 is 1.10 bits per heavy atom. The molecular weight excluding hydrogens is 508 g/mol. The highest BCUT2D eigenvalue weighted by molar-refractivity contribution is 5.98. The summed E-state index contributed by atoms with van der Waals surface area (Å²) in [5, 5.41) is 5.00. The van der Waals surface area contributed by atoms with E-state index in [2.05, 4.69) is 133 Å². The second kappa shape index (κ2) is 10.1. The number of nitrogens with zero attached hydrogens (tertiary/aromatic N) is 2. The molecule has 0 amide bonds. The molecule has 196 valence electrons. The van der Waals surface area contributed by atoms with E-state index in [1.807, 2.05) is 24.3 Å². The number of aromatic nitrogens is 2. The largest absolute Gasteiger partial charge is 0.244 e. The predicted molar refractivity (Wildman–Crippen MR) is 176 cm³/mol. The third-order valence-corrected chi connectivity index (χ3v) is 8.09. The minimum Gasteiger partial charge on any atom is -0.244 e. The molecule has 1 aromatic heterocycles. The van der Waals surface area contributed by atoms with Gasteiger partial charge in [-0.05, 0) is 55.9 Å². The summed E-state index contributed by atoms with van der Waals surface area (Å²) in [6, 6.07) is 55.6. The van der Waals surface area contributed by atoms with Crippen molar-refractivity contribution in [2.24, 2.45) is 0 Å². The molecule has 8 aromatic rings. The highest BCUT2D eigenvalue weighted by atomic mass is 14.8. The van der Waals surface area contributed by atoms with Gasteiger partial charge in [0, 0.05) is 11.1 Å². The standard InChI is InChI=1S/C40H26N2/c1-3-13-33-27(9-1)11-7-15-35(33)29-19-23-31(24-20-29)39-40(42-38-18-6-5-17-37(38)41-39)32-25-21-30(22-26-32)36-16-8-12-28-10-2-4-14-34(28)36/h1-26H. The molecule has 0 fully saturated rings. The van der Waals surface area contributed by atoms with Crippen LogP contribution in [0.2, 0.25) is 0 Å². The molecule has 0 bridgehead atoms. The zero-order valence-electron chi connectivity index (χ0n) is 22.9. The summed E-state index contributed by atoms with van der Waals surface area (Å²) in [5.74, 6) is 0. The van der Waals surface area contributed by atoms with E-state index in [1.165, 1.54) is 43.8 Å². The average molecular weight is 535 g/mol. The van der Waals surface area contributed by atoms with Gasteiger partial charge in [0.1, 0.15) is 0 Å². The molecule has 1 heterocycles. The summed E-state index contributed by atoms with van der Waals surface area (Å²) in [5.41, 5.74) is 10.5. The lowest BCUT2D eigenvalue weighted by molar-refractivity contribution is 1.29. The molecule has 0 N–H and O–H groups in total. The molecule has 0 unspecified atom stereocenters. The van der Waals surface area contributed by atoms with Crippen LogP contribution >= 0.6 is 0 Å². The zero-order valence-corrected chi connectivity index (χ0v) is 22.9. The molecule has 7 aromatic carbocycles. The van der Waals surface area contributed by atoms with Gasteiger partial charge in [-0.15, -0.1) is 0 Å². The van der Waals surface area contributed by atoms with Gasteiger partial charge in [-0.25, -0.2) is 9.97 Å². The van der Waals surface area contributed by atoms with Crippen molar-refractivity contribution in [3.8, 4) is 44.8 Å². The van der Waals surface area contributed by atoms with Crippen LogP contribution in [0.3, 0.4) is 0 Å². The summed E-state index contributed by atoms with van der Waals surface area (Å²) in [4.78, 5) is 10.3. The highest BCUT2D eigenvalue weighted by Crippen LogP contribution is 2.36. The Kier molecular flexibility index (Phi) is 5.82. The first-order valence-electron chi connectivity index (χ1n) is 14.3. The van der Waals surface area contributed by atoms with Crippen LogP contribution in [0.1, 0.15) is 0 Å². The third-order valence-electron chi connectivity index (χ3n) is 8.09. The minimum atomic E-state index is 0.885. The van der Waals surface area contributed by atoms with Gasteiger partial charge in [0.25, 0.3) is 0 Å². The van der Waals surface area contributed by atoms with Crippen molar-refractivity contribution in [3.63, 3.8) is 0 Å². The van der Waals surface area contributed by atoms with E-state index in [1.54, 1.807) is 0 Å². The van der Waals surface area contributed by atoms with Crippen LogP contribution in [0.4, 0.5) is 0 Å². The predicted octanol–water partition coefficient (Wildman–Crippen LogP) is 10.6. The number of hydrogen-bond donors (Lipinski definition) is 0. The minimum absolute atomic E-state index is 0.885. The van der Waals surface area contributed by atoms with Crippen molar-refractivity contribution in [2.75, 3.05) is 0 Å². The maximum Gasteiger partial charge on any atom is 0.0973 e. The van der Waals surface area contributed by atoms with Crippen LogP contribution in [0, 0.1) is 0 Å². The molecule has 0 saturated heterocycles. The van der Waals surface area contributed by atoms with Crippen LogP contribution in [0.25, 0.3) is 77.3 Å². The van der Waals surface area contributed by atoms with Gasteiger partial charge in [0.2, 0.25) is 0 Å². The van der Waals surface area contributed by atoms with Gasteiger partial charge in [0.05, 0.1) is 22.4 Å². The maximum atomic E-state index is 5.13. The Morgan fingerprint density at radius 1 is 0.286 bits per heavy atom. The average Bonchev–Trinajstić information content (AvgIpc) is 3.07. The smallest absolute Gasteiger partial charge is 0.0973 e. The van der Waals surface area contributed by atoms with Crippen LogP contribution < -0.4 is 0 Å². The molecule has 2 heteroatoms. The summed E-state index contributed by atoms with van der Waals surface area (Å²) >= 11 is 0. The van der Waals surface area contributed by atoms with Gasteiger partial charge in [0.15, 0.2) is 0 Å². The van der Waals surface area contributed by atoms with Crippen molar-refractivity contribution >= 4 is 32.6 Å². The van der Waals surface area contributed by atoms with E-state index in [0.717, 1.165) is 33.5 Å². The summed E-state index contributed by atoms with van der Waals surface area (Å²) in [6.45, 7) is 0. The monoisotopic (exact) mass is 534 g/mol. The molecule has 0 aliphatic carbocycles. The number of benzene rings is 7. The number of para-hydroxylation sites is 2. The summed E-state index contributed by atoms with van der Waals surface area (Å²) in [7, 11) is 0. The topological polar surface area (TPSA) is 25.8 Å². The van der Waals surface area contributed by atoms with Crippen LogP contribution in [-0.4, -0.2) is 9.97 Å². The van der Waals surface area contributed by atoms with E-state index in [-0.39, 0.29) is 0 Å². The number of hydrogen-bond acceptors (Lipinski definition) is 2. The molecule has 0 spiro atoms. The lowest BCUT2D eigenvalue weighted by Gasteiger charge is -2.13. The summed E-state index contributed by atoms with van der Waals surface area (Å²) < 4.78 is 0. The van der Waals surface area contributed by atoms with E-state index in [0.29, 0.717) is 0 Å². The summed E-state index contributed by atoms with van der Waals surface area (Å²) in [6.07, 6.45) is 0. The Morgan fingerprint density at radius 2 is 0.643 bits per heavy atom. The fraction of sp³-hybridized carbons (Fsp3) is 0. The first-order valence-corrected chi connectivity index (χ1v) is 14.3. The van der Waals surface area contributed by atoms with E-state index in [9.17, 15) is 0 Å². The molecule has 0 aliphatic rings. The second-order valence-corrected chi connectivity index (χ2v) is 10.6. The van der Waals surface area contributed by atoms with Gasteiger partial charge in [-0.1, -0.05) is 146 Å². The van der Waals surface area contributed by atoms with E-state index >= 15 is 0 Å². The Balaban J connectivity index is 1.23. The Bertz CT molecular complexity index is 2060. The van der Waals surface area contributed by atoms with Gasteiger partial charge in [-0.2, -0.15) is 0 Å². The molecule has 42 heavy (non-hydrogen) atoms. The van der Waals surface area contributed by atoms with Gasteiger partial charge < -0.3 is 0 Å². The van der Waals surface area contributed by atoms with Crippen molar-refractivity contribution in [2.45, 2.75) is 0 Å². The quantitative estimate of drug-likeness (QED) is 0.224. The normalized spacial score (nSPS) is 11.3. The van der Waals surface area contributed by atoms with E-state index < -0.39 is 0 Å². The van der Waals surface area contributed by atoms with Crippen LogP contribution in [-0.2, 0) is 0 Å². The maximum absolute atomic E-state index is 5.13. The van der Waals surface area contributed by atoms with Crippen LogP contribution in [0.15, 0.2) is 158 Å². The molecular formula is C40H26N2. The highest BCUT2D eigenvalue weighted by Gasteiger charge is 2.15. The fourth-order valence-corrected chi connectivity index (χ4v) is 5.97. The molecule has 0 saturated carbocycles. The Labute approximate surface area is 244 Å². The van der Waals surface area contributed by atoms with Gasteiger partial charge >= 0.3 is 0 Å². The van der Waals surface area contributed by atoms with E-state index in [4.69, 9.17) is 9.97 Å². The van der Waals surface area contributed by atoms with Crippen molar-refractivity contribution in [3.05, 3.63) is 158 Å². The third kappa shape index (κ3) is 4.22. The lowest BCUT2D eigenvalue weighted by Crippen LogP contribution is -1.95. The fourth-order valence-electron chi connectivity index (χ4n) is 5.97. The molecule has 8 rings (SSSR count). The molecule has 0 radical (unpaired) electrons. The first-order chi connectivity index (χ1) is 20.8. The Hall–Kier alpha value is -5.60. The van der Waals surface area contributed by atoms with Crippen LogP contribution in [0.5, 0.6) is 0 Å². The number of rotatable bonds is 4. The molecule has 0 atom stereocenters. The second-order valence-electron chi connectivity index (χ2n) is 10.6.